The van der Waals surface area contributed by atoms with E-state index in [-0.39, 0.29) is 24.0 Å². The van der Waals surface area contributed by atoms with Gasteiger partial charge in [-0.2, -0.15) is 0 Å². The molecule has 8 nitrogen and oxygen atoms in total. The van der Waals surface area contributed by atoms with E-state index in [2.05, 4.69) is 5.16 Å². The Balaban J connectivity index is 1.32. The van der Waals surface area contributed by atoms with Crippen LogP contribution in [-0.4, -0.2) is 65.5 Å². The number of nitrogens with zero attached hydrogens (tertiary/aromatic N) is 3. The molecule has 9 heteroatoms. The Labute approximate surface area is 183 Å². The fourth-order valence-corrected chi connectivity index (χ4v) is 4.10. The number of rotatable bonds is 5. The molecular formula is C22H21N3O5S. The number of piperazine rings is 1. The summed E-state index contributed by atoms with van der Waals surface area (Å²) in [5.74, 6) is -0.647. The monoisotopic (exact) mass is 439 g/mol. The van der Waals surface area contributed by atoms with E-state index in [1.165, 1.54) is 11.3 Å². The Morgan fingerprint density at radius 2 is 1.74 bits per heavy atom. The topological polar surface area (TPSA) is 92.9 Å². The van der Waals surface area contributed by atoms with Crippen molar-refractivity contribution < 1.29 is 23.6 Å². The average molecular weight is 439 g/mol. The minimum atomic E-state index is -0.655. The molecule has 1 aliphatic heterocycles. The van der Waals surface area contributed by atoms with Gasteiger partial charge in [0.25, 0.3) is 11.8 Å². The van der Waals surface area contributed by atoms with Crippen molar-refractivity contribution in [3.63, 3.8) is 0 Å². The van der Waals surface area contributed by atoms with Crippen LogP contribution in [0.3, 0.4) is 0 Å². The second kappa shape index (κ2) is 9.13. The first kappa shape index (κ1) is 20.8. The van der Waals surface area contributed by atoms with E-state index < -0.39 is 5.97 Å². The molecule has 3 heterocycles. The van der Waals surface area contributed by atoms with Crippen LogP contribution in [0.4, 0.5) is 0 Å². The van der Waals surface area contributed by atoms with Crippen molar-refractivity contribution in [2.24, 2.45) is 0 Å². The van der Waals surface area contributed by atoms with Crippen molar-refractivity contribution in [3.8, 4) is 11.3 Å². The number of esters is 1. The lowest BCUT2D eigenvalue weighted by molar-refractivity contribution is -0.136. The largest absolute Gasteiger partial charge is 0.452 e. The zero-order valence-corrected chi connectivity index (χ0v) is 17.8. The lowest BCUT2D eigenvalue weighted by atomic mass is 10.1. The Kier molecular flexibility index (Phi) is 6.13. The smallest absolute Gasteiger partial charge is 0.344 e. The maximum atomic E-state index is 12.6. The Bertz CT molecular complexity index is 1070. The molecule has 31 heavy (non-hydrogen) atoms. The predicted molar refractivity (Wildman–Crippen MR) is 114 cm³/mol. The van der Waals surface area contributed by atoms with Gasteiger partial charge in [-0.15, -0.1) is 11.3 Å². The van der Waals surface area contributed by atoms with Gasteiger partial charge in [0.15, 0.2) is 6.61 Å². The Morgan fingerprint density at radius 3 is 2.42 bits per heavy atom. The second-order valence-electron chi connectivity index (χ2n) is 7.05. The molecule has 0 radical (unpaired) electrons. The van der Waals surface area contributed by atoms with Crippen LogP contribution in [0.15, 0.2) is 52.4 Å². The summed E-state index contributed by atoms with van der Waals surface area (Å²) in [4.78, 5) is 41.6. The highest BCUT2D eigenvalue weighted by Crippen LogP contribution is 2.25. The van der Waals surface area contributed by atoms with E-state index in [4.69, 9.17) is 9.26 Å². The van der Waals surface area contributed by atoms with Crippen LogP contribution in [0.5, 0.6) is 0 Å². The highest BCUT2D eigenvalue weighted by molar-refractivity contribution is 7.12. The third-order valence-corrected chi connectivity index (χ3v) is 5.95. The number of hydrogen-bond donors (Lipinski definition) is 0. The summed E-state index contributed by atoms with van der Waals surface area (Å²) in [6.45, 7) is 2.93. The number of ether oxygens (including phenoxy) is 1. The van der Waals surface area contributed by atoms with Crippen molar-refractivity contribution >= 4 is 29.1 Å². The zero-order chi connectivity index (χ0) is 21.8. The summed E-state index contributed by atoms with van der Waals surface area (Å²) in [7, 11) is 0. The van der Waals surface area contributed by atoms with E-state index in [1.807, 2.05) is 41.8 Å². The summed E-state index contributed by atoms with van der Waals surface area (Å²) in [6.07, 6.45) is 0. The van der Waals surface area contributed by atoms with Crippen molar-refractivity contribution in [2.75, 3.05) is 32.8 Å². The first-order chi connectivity index (χ1) is 15.0. The Hall–Kier alpha value is -3.46. The van der Waals surface area contributed by atoms with E-state index in [0.717, 1.165) is 5.56 Å². The number of thiophene rings is 1. The van der Waals surface area contributed by atoms with Gasteiger partial charge >= 0.3 is 5.97 Å². The highest BCUT2D eigenvalue weighted by Gasteiger charge is 2.27. The summed E-state index contributed by atoms with van der Waals surface area (Å²) in [5.41, 5.74) is 1.32. The lowest BCUT2D eigenvalue weighted by Gasteiger charge is -2.34. The standard InChI is InChI=1S/C22H21N3O5S/c1-15-19(20(23-30-15)16-6-3-2-4-7-16)22(28)29-14-18(26)24-9-11-25(12-10-24)21(27)17-8-5-13-31-17/h2-8,13H,9-12,14H2,1H3. The van der Waals surface area contributed by atoms with Crippen LogP contribution in [0.25, 0.3) is 11.3 Å². The molecule has 0 bridgehead atoms. The molecule has 1 aromatic carbocycles. The maximum Gasteiger partial charge on any atom is 0.344 e. The summed E-state index contributed by atoms with van der Waals surface area (Å²) >= 11 is 1.40. The van der Waals surface area contributed by atoms with Gasteiger partial charge in [-0.1, -0.05) is 41.6 Å². The Morgan fingerprint density at radius 1 is 1.03 bits per heavy atom. The molecule has 1 aliphatic rings. The fourth-order valence-electron chi connectivity index (χ4n) is 3.41. The maximum absolute atomic E-state index is 12.6. The molecule has 0 saturated carbocycles. The molecule has 3 aromatic rings. The van der Waals surface area contributed by atoms with Crippen molar-refractivity contribution in [1.29, 1.82) is 0 Å². The number of carbonyl (C=O) groups is 3. The first-order valence-corrected chi connectivity index (χ1v) is 10.7. The third-order valence-electron chi connectivity index (χ3n) is 5.09. The van der Waals surface area contributed by atoms with Crippen LogP contribution in [0.1, 0.15) is 25.8 Å². The number of amides is 2. The van der Waals surface area contributed by atoms with Gasteiger partial charge in [0.1, 0.15) is 17.0 Å². The van der Waals surface area contributed by atoms with Gasteiger partial charge in [0, 0.05) is 31.7 Å². The number of aryl methyl sites for hydroxylation is 1. The van der Waals surface area contributed by atoms with E-state index in [1.54, 1.807) is 22.8 Å². The predicted octanol–water partition coefficient (Wildman–Crippen LogP) is 2.85. The molecule has 0 aliphatic carbocycles. The summed E-state index contributed by atoms with van der Waals surface area (Å²) < 4.78 is 10.4. The van der Waals surface area contributed by atoms with Crippen LogP contribution in [-0.2, 0) is 9.53 Å². The SMILES string of the molecule is Cc1onc(-c2ccccc2)c1C(=O)OCC(=O)N1CCN(C(=O)c2cccs2)CC1. The van der Waals surface area contributed by atoms with Crippen molar-refractivity contribution in [3.05, 3.63) is 64.0 Å². The quantitative estimate of drug-likeness (QED) is 0.568. The van der Waals surface area contributed by atoms with Crippen molar-refractivity contribution in [2.45, 2.75) is 6.92 Å². The van der Waals surface area contributed by atoms with Crippen LogP contribution < -0.4 is 0 Å². The van der Waals surface area contributed by atoms with Gasteiger partial charge in [0.05, 0.1) is 4.88 Å². The molecule has 160 valence electrons. The van der Waals surface area contributed by atoms with E-state index >= 15 is 0 Å². The number of aromatic nitrogens is 1. The van der Waals surface area contributed by atoms with Gasteiger partial charge in [-0.05, 0) is 18.4 Å². The lowest BCUT2D eigenvalue weighted by Crippen LogP contribution is -2.51. The molecule has 2 aromatic heterocycles. The second-order valence-corrected chi connectivity index (χ2v) is 8.00. The highest BCUT2D eigenvalue weighted by atomic mass is 32.1. The number of carbonyl (C=O) groups excluding carboxylic acids is 3. The zero-order valence-electron chi connectivity index (χ0n) is 16.9. The molecule has 0 spiro atoms. The molecule has 0 atom stereocenters. The van der Waals surface area contributed by atoms with Crippen LogP contribution in [0.2, 0.25) is 0 Å². The average Bonchev–Trinajstić information content (AvgIpc) is 3.47. The summed E-state index contributed by atoms with van der Waals surface area (Å²) in [5, 5.41) is 5.83. The first-order valence-electron chi connectivity index (χ1n) is 9.84. The third kappa shape index (κ3) is 4.51. The van der Waals surface area contributed by atoms with E-state index in [9.17, 15) is 14.4 Å². The fraction of sp³-hybridized carbons (Fsp3) is 0.273. The van der Waals surface area contributed by atoms with Gasteiger partial charge in [-0.3, -0.25) is 9.59 Å². The van der Waals surface area contributed by atoms with Crippen LogP contribution in [0, 0.1) is 6.92 Å². The summed E-state index contributed by atoms with van der Waals surface area (Å²) in [6, 6.07) is 12.8. The number of hydrogen-bond acceptors (Lipinski definition) is 7. The minimum Gasteiger partial charge on any atom is -0.452 e. The molecule has 4 rings (SSSR count). The molecule has 2 amide bonds. The number of benzene rings is 1. The van der Waals surface area contributed by atoms with Gasteiger partial charge in [0.2, 0.25) is 0 Å². The van der Waals surface area contributed by atoms with Gasteiger partial charge < -0.3 is 19.1 Å². The van der Waals surface area contributed by atoms with Crippen molar-refractivity contribution in [1.82, 2.24) is 15.0 Å². The van der Waals surface area contributed by atoms with Gasteiger partial charge in [-0.25, -0.2) is 4.79 Å². The van der Waals surface area contributed by atoms with Crippen LogP contribution >= 0.6 is 11.3 Å². The normalized spacial score (nSPS) is 13.8. The molecule has 0 unspecified atom stereocenters. The molecule has 0 N–H and O–H groups in total. The minimum absolute atomic E-state index is 0.0232. The molecule has 1 saturated heterocycles. The molecule has 1 fully saturated rings. The molecular weight excluding hydrogens is 418 g/mol. The van der Waals surface area contributed by atoms with E-state index in [0.29, 0.717) is 42.5 Å².